The molecule has 164 valence electrons. The number of hydrogen-bond acceptors (Lipinski definition) is 1. The third kappa shape index (κ3) is 2.70. The quantitative estimate of drug-likeness (QED) is 0.148. The van der Waals surface area contributed by atoms with Gasteiger partial charge in [0.15, 0.2) is 6.20 Å². The van der Waals surface area contributed by atoms with Crippen LogP contribution in [0.5, 0.6) is 0 Å². The number of rotatable bonds is 2. The van der Waals surface area contributed by atoms with E-state index in [0.717, 1.165) is 11.2 Å². The van der Waals surface area contributed by atoms with Gasteiger partial charge in [0.05, 0.1) is 16.3 Å². The van der Waals surface area contributed by atoms with E-state index in [1.807, 2.05) is 0 Å². The summed E-state index contributed by atoms with van der Waals surface area (Å²) in [6.07, 6.45) is 4.34. The van der Waals surface area contributed by atoms with Gasteiger partial charge >= 0.3 is 0 Å². The van der Waals surface area contributed by atoms with Crippen molar-refractivity contribution in [2.24, 2.45) is 14.1 Å². The minimum Gasteiger partial charge on any atom is -0.456 e. The highest BCUT2D eigenvalue weighted by atomic mass is 28.3. The molecule has 33 heavy (non-hydrogen) atoms. The molecule has 6 aromatic rings. The first-order valence-corrected chi connectivity index (χ1v) is 14.6. The highest BCUT2D eigenvalue weighted by Crippen LogP contribution is 2.39. The van der Waals surface area contributed by atoms with Crippen molar-refractivity contribution in [2.45, 2.75) is 26.9 Å². The number of aryl methyl sites for hydroxylation is 4. The molecule has 3 aromatic heterocycles. The van der Waals surface area contributed by atoms with Gasteiger partial charge in [-0.25, -0.2) is 4.57 Å². The molecule has 0 radical (unpaired) electrons. The Morgan fingerprint density at radius 1 is 0.879 bits per heavy atom. The Bertz CT molecular complexity index is 1720. The number of pyridine rings is 1. The van der Waals surface area contributed by atoms with Gasteiger partial charge in [-0.3, -0.25) is 0 Å². The molecule has 6 rings (SSSR count). The highest BCUT2D eigenvalue weighted by Gasteiger charge is 2.28. The summed E-state index contributed by atoms with van der Waals surface area (Å²) >= 11 is 0. The molecule has 0 amide bonds. The van der Waals surface area contributed by atoms with Crippen LogP contribution in [0.4, 0.5) is 0 Å². The van der Waals surface area contributed by atoms with Crippen molar-refractivity contribution in [3.8, 4) is 0 Å². The zero-order valence-electron chi connectivity index (χ0n) is 20.2. The van der Waals surface area contributed by atoms with Gasteiger partial charge in [0.2, 0.25) is 5.52 Å². The smallest absolute Gasteiger partial charge is 0.216 e. The van der Waals surface area contributed by atoms with E-state index in [-0.39, 0.29) is 0 Å². The lowest BCUT2D eigenvalue weighted by atomic mass is 9.98. The van der Waals surface area contributed by atoms with Crippen molar-refractivity contribution < 1.29 is 8.98 Å². The fourth-order valence-corrected chi connectivity index (χ4v) is 8.02. The number of benzene rings is 3. The van der Waals surface area contributed by atoms with E-state index in [1.54, 1.807) is 0 Å². The number of aromatic nitrogens is 2. The molecule has 4 heteroatoms. The van der Waals surface area contributed by atoms with E-state index < -0.39 is 8.07 Å². The maximum atomic E-state index is 6.80. The second-order valence-corrected chi connectivity index (χ2v) is 14.4. The van der Waals surface area contributed by atoms with Gasteiger partial charge in [-0.2, -0.15) is 0 Å². The van der Waals surface area contributed by atoms with Gasteiger partial charge in [0.25, 0.3) is 0 Å². The summed E-state index contributed by atoms with van der Waals surface area (Å²) in [5.74, 6) is 0. The molecule has 3 aromatic carbocycles. The molecule has 0 unspecified atom stereocenters. The van der Waals surface area contributed by atoms with E-state index in [1.165, 1.54) is 54.1 Å². The first kappa shape index (κ1) is 20.2. The van der Waals surface area contributed by atoms with Crippen LogP contribution in [0.25, 0.3) is 43.7 Å². The Morgan fingerprint density at radius 2 is 1.64 bits per heavy atom. The maximum Gasteiger partial charge on any atom is 0.216 e. The molecule has 0 atom stereocenters. The van der Waals surface area contributed by atoms with Crippen LogP contribution in [0.15, 0.2) is 71.4 Å². The van der Waals surface area contributed by atoms with Crippen molar-refractivity contribution >= 4 is 62.2 Å². The molecule has 3 heterocycles. The molecule has 0 spiro atoms. The molecule has 0 aliphatic rings. The molecular formula is C29H29N2OSi+. The van der Waals surface area contributed by atoms with Gasteiger partial charge in [0, 0.05) is 35.8 Å². The molecule has 0 aliphatic heterocycles. The van der Waals surface area contributed by atoms with Gasteiger partial charge in [-0.15, -0.1) is 0 Å². The predicted molar refractivity (Wildman–Crippen MR) is 142 cm³/mol. The first-order chi connectivity index (χ1) is 15.8. The molecule has 0 N–H and O–H groups in total. The van der Waals surface area contributed by atoms with Crippen molar-refractivity contribution in [1.82, 2.24) is 4.57 Å². The molecule has 0 aliphatic carbocycles. The topological polar surface area (TPSA) is 21.9 Å². The normalized spacial score (nSPS) is 12.5. The molecule has 0 bridgehead atoms. The Labute approximate surface area is 194 Å². The summed E-state index contributed by atoms with van der Waals surface area (Å²) in [6, 6.07) is 20.1. The van der Waals surface area contributed by atoms with E-state index in [2.05, 4.69) is 117 Å². The third-order valence-electron chi connectivity index (χ3n) is 7.64. The highest BCUT2D eigenvalue weighted by molar-refractivity contribution is 7.00. The fraction of sp³-hybridized carbons (Fsp3) is 0.207. The second-order valence-electron chi connectivity index (χ2n) is 9.95. The Balaban J connectivity index is 1.79. The molecular weight excluding hydrogens is 420 g/mol. The Hall–Kier alpha value is -3.37. The summed E-state index contributed by atoms with van der Waals surface area (Å²) in [5, 5.41) is 7.78. The van der Waals surface area contributed by atoms with E-state index >= 15 is 0 Å². The van der Waals surface area contributed by atoms with Crippen LogP contribution in [0.3, 0.4) is 0 Å². The lowest BCUT2D eigenvalue weighted by molar-refractivity contribution is -0.642. The SMILES string of the molecule is Cc1c2cc[n+](C)c2c(C)c2c1oc1cc([Si](C)(C)c3ccccc3)cc3ccn(C)c2c31. The van der Waals surface area contributed by atoms with E-state index in [0.29, 0.717) is 0 Å². The largest absolute Gasteiger partial charge is 0.456 e. The van der Waals surface area contributed by atoms with Crippen LogP contribution in [0, 0.1) is 13.8 Å². The maximum absolute atomic E-state index is 6.80. The summed E-state index contributed by atoms with van der Waals surface area (Å²) < 4.78 is 11.3. The van der Waals surface area contributed by atoms with Crippen LogP contribution in [-0.4, -0.2) is 12.6 Å². The average molecular weight is 450 g/mol. The van der Waals surface area contributed by atoms with Gasteiger partial charge in [0.1, 0.15) is 26.3 Å². The number of hydrogen-bond donors (Lipinski definition) is 0. The lowest BCUT2D eigenvalue weighted by Gasteiger charge is -2.25. The summed E-state index contributed by atoms with van der Waals surface area (Å²) in [5.41, 5.74) is 6.99. The van der Waals surface area contributed by atoms with Crippen LogP contribution in [0.1, 0.15) is 11.1 Å². The van der Waals surface area contributed by atoms with Crippen molar-refractivity contribution in [3.63, 3.8) is 0 Å². The van der Waals surface area contributed by atoms with Crippen molar-refractivity contribution in [1.29, 1.82) is 0 Å². The molecule has 0 saturated heterocycles. The lowest BCUT2D eigenvalue weighted by Crippen LogP contribution is -2.52. The van der Waals surface area contributed by atoms with Crippen LogP contribution in [0.2, 0.25) is 13.1 Å². The molecule has 0 fully saturated rings. The van der Waals surface area contributed by atoms with Crippen molar-refractivity contribution in [2.75, 3.05) is 0 Å². The monoisotopic (exact) mass is 449 g/mol. The standard InChI is InChI=1S/C29H29N2OSi/c1-18-23-13-15-30(3)27(23)19(2)25-28-26-20(12-14-31(28)4)16-22(17-24(26)32-29(18)25)33(5,6)21-10-8-7-9-11-21/h7-17H,1-6H3/q+1. The zero-order chi connectivity index (χ0) is 23.1. The van der Waals surface area contributed by atoms with Crippen LogP contribution in [-0.2, 0) is 14.1 Å². The van der Waals surface area contributed by atoms with Crippen LogP contribution < -0.4 is 14.9 Å². The molecule has 0 saturated carbocycles. The minimum absolute atomic E-state index is 0.982. The third-order valence-corrected chi connectivity index (χ3v) is 11.1. The number of fused-ring (bicyclic) bond motifs is 3. The molecule has 3 nitrogen and oxygen atoms in total. The number of nitrogens with zero attached hydrogens (tertiary/aromatic N) is 2. The van der Waals surface area contributed by atoms with Crippen molar-refractivity contribution in [3.05, 3.63) is 78.1 Å². The van der Waals surface area contributed by atoms with Gasteiger partial charge in [-0.1, -0.05) is 59.9 Å². The Morgan fingerprint density at radius 3 is 2.39 bits per heavy atom. The second kappa shape index (κ2) is 6.81. The minimum atomic E-state index is -1.87. The van der Waals surface area contributed by atoms with Gasteiger partial charge in [-0.05, 0) is 31.4 Å². The van der Waals surface area contributed by atoms with E-state index in [9.17, 15) is 0 Å². The van der Waals surface area contributed by atoms with E-state index in [4.69, 9.17) is 4.42 Å². The summed E-state index contributed by atoms with van der Waals surface area (Å²) in [7, 11) is 2.40. The average Bonchev–Trinajstić information content (AvgIpc) is 3.21. The van der Waals surface area contributed by atoms with Crippen LogP contribution >= 0.6 is 0 Å². The fourth-order valence-electron chi connectivity index (χ4n) is 5.65. The van der Waals surface area contributed by atoms with Gasteiger partial charge < -0.3 is 8.98 Å². The predicted octanol–water partition coefficient (Wildman–Crippen LogP) is 5.49. The zero-order valence-corrected chi connectivity index (χ0v) is 21.2. The summed E-state index contributed by atoms with van der Waals surface area (Å²) in [4.78, 5) is 0. The Kier molecular flexibility index (Phi) is 4.18. The summed E-state index contributed by atoms with van der Waals surface area (Å²) in [6.45, 7) is 9.28. The first-order valence-electron chi connectivity index (χ1n) is 11.6.